The first-order valence-electron chi connectivity index (χ1n) is 11.3. The third-order valence-corrected chi connectivity index (χ3v) is 6.13. The number of rotatable bonds is 7. The highest BCUT2D eigenvalue weighted by Crippen LogP contribution is 2.35. The summed E-state index contributed by atoms with van der Waals surface area (Å²) in [6.45, 7) is 2.08. The number of nitrogens with one attached hydrogen (secondary N) is 3. The molecule has 33 heavy (non-hydrogen) atoms. The predicted octanol–water partition coefficient (Wildman–Crippen LogP) is 3.66. The molecule has 0 radical (unpaired) electrons. The highest BCUT2D eigenvalue weighted by molar-refractivity contribution is 5.91. The van der Waals surface area contributed by atoms with Crippen molar-refractivity contribution in [3.8, 4) is 0 Å². The number of benzene rings is 1. The summed E-state index contributed by atoms with van der Waals surface area (Å²) in [7, 11) is 0. The summed E-state index contributed by atoms with van der Waals surface area (Å²) in [6, 6.07) is 4.74. The molecule has 4 rings (SSSR count). The molecule has 10 heteroatoms. The maximum Gasteiger partial charge on any atom is 0.407 e. The van der Waals surface area contributed by atoms with E-state index in [9.17, 15) is 18.4 Å². The fourth-order valence-electron chi connectivity index (χ4n) is 4.40. The minimum atomic E-state index is -0.727. The zero-order valence-corrected chi connectivity index (χ0v) is 18.2. The van der Waals surface area contributed by atoms with E-state index in [2.05, 4.69) is 20.8 Å². The van der Waals surface area contributed by atoms with Gasteiger partial charge in [-0.3, -0.25) is 9.89 Å². The molecule has 1 aromatic heterocycles. The Bertz CT molecular complexity index is 957. The molecule has 1 aliphatic heterocycles. The Hall–Kier alpha value is -3.01. The van der Waals surface area contributed by atoms with Crippen molar-refractivity contribution in [1.29, 1.82) is 0 Å². The van der Waals surface area contributed by atoms with Gasteiger partial charge in [0.15, 0.2) is 5.82 Å². The minimum absolute atomic E-state index is 0.133. The molecular formula is C23H28F2N4O4. The van der Waals surface area contributed by atoms with Crippen molar-refractivity contribution in [3.05, 3.63) is 47.2 Å². The summed E-state index contributed by atoms with van der Waals surface area (Å²) in [4.78, 5) is 24.3. The maximum atomic E-state index is 13.3. The number of ether oxygens (including phenoxy) is 2. The number of hydrogen-bond donors (Lipinski definition) is 3. The second-order valence-corrected chi connectivity index (χ2v) is 8.69. The fourth-order valence-corrected chi connectivity index (χ4v) is 4.40. The van der Waals surface area contributed by atoms with E-state index in [-0.39, 0.29) is 24.0 Å². The van der Waals surface area contributed by atoms with E-state index < -0.39 is 23.6 Å². The van der Waals surface area contributed by atoms with Gasteiger partial charge in [0, 0.05) is 43.5 Å². The van der Waals surface area contributed by atoms with Crippen molar-refractivity contribution in [2.45, 2.75) is 50.5 Å². The van der Waals surface area contributed by atoms with Crippen LogP contribution in [0.3, 0.4) is 0 Å². The van der Waals surface area contributed by atoms with Gasteiger partial charge in [0.1, 0.15) is 17.7 Å². The lowest BCUT2D eigenvalue weighted by atomic mass is 10.0. The van der Waals surface area contributed by atoms with Crippen molar-refractivity contribution in [2.24, 2.45) is 5.92 Å². The lowest BCUT2D eigenvalue weighted by Gasteiger charge is -2.22. The normalized spacial score (nSPS) is 21.0. The molecule has 0 unspecified atom stereocenters. The average molecular weight is 462 g/mol. The Labute approximate surface area is 190 Å². The zero-order chi connectivity index (χ0) is 23.2. The number of alkyl carbamates (subject to hydrolysis) is 1. The molecule has 0 spiro atoms. The van der Waals surface area contributed by atoms with Crippen LogP contribution in [0, 0.1) is 17.6 Å². The Morgan fingerprint density at radius 3 is 2.61 bits per heavy atom. The summed E-state index contributed by atoms with van der Waals surface area (Å²) in [5.41, 5.74) is 1.09. The Morgan fingerprint density at radius 2 is 1.85 bits per heavy atom. The van der Waals surface area contributed by atoms with Gasteiger partial charge in [0.2, 0.25) is 5.91 Å². The second kappa shape index (κ2) is 10.7. The molecule has 1 saturated heterocycles. The molecule has 178 valence electrons. The zero-order valence-electron chi connectivity index (χ0n) is 18.2. The highest BCUT2D eigenvalue weighted by atomic mass is 19.1. The summed E-state index contributed by atoms with van der Waals surface area (Å²) in [5, 5.41) is 12.5. The standard InChI is InChI=1S/C23H28F2N4O4/c24-17-7-15(8-18(25)11-17)9-22(30)27-21-12-20(28-29-21)16-1-2-19(10-16)33-23(31)26-13-14-3-5-32-6-4-14/h7-8,11-12,14,16,19H,1-6,9-10,13H2,(H,26,31)(H2,27,28,29,30)/t16-,19+/m1/s1. The Balaban J connectivity index is 1.21. The van der Waals surface area contributed by atoms with E-state index in [0.717, 1.165) is 62.8 Å². The van der Waals surface area contributed by atoms with Gasteiger partial charge >= 0.3 is 6.09 Å². The molecule has 3 N–H and O–H groups in total. The van der Waals surface area contributed by atoms with Crippen LogP contribution in [0.5, 0.6) is 0 Å². The van der Waals surface area contributed by atoms with Crippen molar-refractivity contribution >= 4 is 17.8 Å². The monoisotopic (exact) mass is 462 g/mol. The molecule has 0 bridgehead atoms. The van der Waals surface area contributed by atoms with E-state index in [1.54, 1.807) is 6.07 Å². The van der Waals surface area contributed by atoms with Gasteiger partial charge in [-0.1, -0.05) is 0 Å². The average Bonchev–Trinajstić information content (AvgIpc) is 3.41. The predicted molar refractivity (Wildman–Crippen MR) is 116 cm³/mol. The summed E-state index contributed by atoms with van der Waals surface area (Å²) >= 11 is 0. The third-order valence-electron chi connectivity index (χ3n) is 6.13. The van der Waals surface area contributed by atoms with Gasteiger partial charge in [0.05, 0.1) is 6.42 Å². The number of aromatic nitrogens is 2. The van der Waals surface area contributed by atoms with E-state index in [0.29, 0.717) is 24.7 Å². The minimum Gasteiger partial charge on any atom is -0.446 e. The van der Waals surface area contributed by atoms with Crippen LogP contribution in [0.15, 0.2) is 24.3 Å². The summed E-state index contributed by atoms with van der Waals surface area (Å²) in [5.74, 6) is -0.975. The first kappa shape index (κ1) is 23.2. The molecule has 2 fully saturated rings. The van der Waals surface area contributed by atoms with E-state index >= 15 is 0 Å². The first-order valence-corrected chi connectivity index (χ1v) is 11.3. The van der Waals surface area contributed by atoms with Gasteiger partial charge < -0.3 is 20.1 Å². The van der Waals surface area contributed by atoms with Crippen LogP contribution < -0.4 is 10.6 Å². The van der Waals surface area contributed by atoms with E-state index in [4.69, 9.17) is 9.47 Å². The number of nitrogens with zero attached hydrogens (tertiary/aromatic N) is 1. The highest BCUT2D eigenvalue weighted by Gasteiger charge is 2.30. The molecule has 8 nitrogen and oxygen atoms in total. The first-order chi connectivity index (χ1) is 15.9. The molecule has 2 aliphatic rings. The molecule has 1 aliphatic carbocycles. The maximum absolute atomic E-state index is 13.3. The molecule has 2 aromatic rings. The number of halogens is 2. The Kier molecular flexibility index (Phi) is 7.54. The fraction of sp³-hybridized carbons (Fsp3) is 0.522. The van der Waals surface area contributed by atoms with Gasteiger partial charge in [-0.05, 0) is 55.7 Å². The van der Waals surface area contributed by atoms with Crippen molar-refractivity contribution in [2.75, 3.05) is 25.1 Å². The molecular weight excluding hydrogens is 434 g/mol. The van der Waals surface area contributed by atoms with Gasteiger partial charge in [-0.2, -0.15) is 5.10 Å². The molecule has 2 amide bonds. The number of hydrogen-bond acceptors (Lipinski definition) is 5. The second-order valence-electron chi connectivity index (χ2n) is 8.69. The smallest absolute Gasteiger partial charge is 0.407 e. The van der Waals surface area contributed by atoms with Crippen LogP contribution >= 0.6 is 0 Å². The van der Waals surface area contributed by atoms with Crippen LogP contribution in [0.25, 0.3) is 0 Å². The number of carbonyl (C=O) groups is 2. The lowest BCUT2D eigenvalue weighted by molar-refractivity contribution is -0.115. The molecule has 2 atom stereocenters. The van der Waals surface area contributed by atoms with Gasteiger partial charge in [0.25, 0.3) is 0 Å². The Morgan fingerprint density at radius 1 is 1.09 bits per heavy atom. The van der Waals surface area contributed by atoms with Crippen LogP contribution in [0.4, 0.5) is 19.4 Å². The van der Waals surface area contributed by atoms with E-state index in [1.165, 1.54) is 0 Å². The van der Waals surface area contributed by atoms with Gasteiger partial charge in [-0.15, -0.1) is 0 Å². The van der Waals surface area contributed by atoms with Crippen molar-refractivity contribution < 1.29 is 27.8 Å². The number of amides is 2. The molecule has 2 heterocycles. The molecule has 1 aromatic carbocycles. The summed E-state index contributed by atoms with van der Waals surface area (Å²) in [6.07, 6.45) is 3.42. The largest absolute Gasteiger partial charge is 0.446 e. The number of anilines is 1. The third kappa shape index (κ3) is 6.74. The van der Waals surface area contributed by atoms with Gasteiger partial charge in [-0.25, -0.2) is 13.6 Å². The topological polar surface area (TPSA) is 105 Å². The van der Waals surface area contributed by atoms with Crippen LogP contribution in [0.1, 0.15) is 49.3 Å². The van der Waals surface area contributed by atoms with E-state index in [1.807, 2.05) is 0 Å². The van der Waals surface area contributed by atoms with Crippen LogP contribution in [-0.4, -0.2) is 48.1 Å². The summed E-state index contributed by atoms with van der Waals surface area (Å²) < 4.78 is 37.5. The van der Waals surface area contributed by atoms with Crippen molar-refractivity contribution in [1.82, 2.24) is 15.5 Å². The number of carbonyl (C=O) groups excluding carboxylic acids is 2. The van der Waals surface area contributed by atoms with Crippen LogP contribution in [-0.2, 0) is 20.7 Å². The number of H-pyrrole nitrogens is 1. The molecule has 1 saturated carbocycles. The quantitative estimate of drug-likeness (QED) is 0.583. The van der Waals surface area contributed by atoms with Crippen molar-refractivity contribution in [3.63, 3.8) is 0 Å². The lowest BCUT2D eigenvalue weighted by Crippen LogP contribution is -2.34. The SMILES string of the molecule is O=C(Cc1cc(F)cc(F)c1)Nc1cc([C@@H]2CC[C@H](OC(=O)NCC3CCOCC3)C2)[nH]n1. The number of aromatic amines is 1. The van der Waals surface area contributed by atoms with Crippen LogP contribution in [0.2, 0.25) is 0 Å².